The third kappa shape index (κ3) is 3.32. The summed E-state index contributed by atoms with van der Waals surface area (Å²) in [5.41, 5.74) is -0.311. The second-order valence-electron chi connectivity index (χ2n) is 8.97. The number of aliphatic hydroxyl groups is 2. The zero-order chi connectivity index (χ0) is 18.5. The average Bonchev–Trinajstić information content (AvgIpc) is 2.51. The molecule has 1 saturated carbocycles. The van der Waals surface area contributed by atoms with E-state index >= 15 is 0 Å². The number of fused-ring (bicyclic) bond motifs is 2. The van der Waals surface area contributed by atoms with Gasteiger partial charge in [0, 0.05) is 46.8 Å². The molecule has 3 atom stereocenters. The van der Waals surface area contributed by atoms with E-state index < -0.39 is 16.9 Å². The van der Waals surface area contributed by atoms with E-state index in [0.29, 0.717) is 25.9 Å². The maximum Gasteiger partial charge on any atom is 0.134 e. The summed E-state index contributed by atoms with van der Waals surface area (Å²) in [5, 5.41) is 21.4. The Morgan fingerprint density at radius 3 is 2.40 bits per heavy atom. The fourth-order valence-corrected chi connectivity index (χ4v) is 5.12. The van der Waals surface area contributed by atoms with Gasteiger partial charge >= 0.3 is 0 Å². The molecule has 138 valence electrons. The Hall–Kier alpha value is -0.750. The lowest BCUT2D eigenvalue weighted by atomic mass is 9.54. The molecule has 1 saturated heterocycles. The Morgan fingerprint density at radius 1 is 1.20 bits per heavy atom. The Bertz CT molecular complexity index is 671. The minimum atomic E-state index is -0.762. The molecule has 2 fully saturated rings. The Morgan fingerprint density at radius 2 is 1.80 bits per heavy atom. The molecule has 3 rings (SSSR count). The van der Waals surface area contributed by atoms with Gasteiger partial charge in [0.05, 0.1) is 12.7 Å². The maximum atomic E-state index is 12.6. The molecule has 1 heterocycles. The fraction of sp³-hybridized carbons (Fsp3) is 0.650. The highest BCUT2D eigenvalue weighted by atomic mass is 79.9. The molecular weight excluding hydrogens is 382 g/mol. The summed E-state index contributed by atoms with van der Waals surface area (Å²) in [4.78, 5) is 14.9. The lowest BCUT2D eigenvalue weighted by Crippen LogP contribution is -2.70. The molecule has 4 nitrogen and oxygen atoms in total. The first-order valence-electron chi connectivity index (χ1n) is 8.91. The molecule has 0 aromatic heterocycles. The minimum absolute atomic E-state index is 0.0832. The van der Waals surface area contributed by atoms with Gasteiger partial charge in [-0.15, -0.1) is 0 Å². The number of benzene rings is 1. The molecule has 1 aliphatic carbocycles. The van der Waals surface area contributed by atoms with Gasteiger partial charge in [0.2, 0.25) is 0 Å². The number of rotatable bonds is 3. The zero-order valence-corrected chi connectivity index (χ0v) is 16.8. The van der Waals surface area contributed by atoms with Crippen LogP contribution in [0.25, 0.3) is 0 Å². The molecule has 2 aliphatic rings. The van der Waals surface area contributed by atoms with Crippen molar-refractivity contribution >= 4 is 21.7 Å². The summed E-state index contributed by atoms with van der Waals surface area (Å²) in [7, 11) is 0. The number of carbonyl (C=O) groups excluding carboxylic acids is 1. The van der Waals surface area contributed by atoms with Crippen LogP contribution >= 0.6 is 15.9 Å². The molecule has 0 amide bonds. The van der Waals surface area contributed by atoms with E-state index in [9.17, 15) is 15.0 Å². The lowest BCUT2D eigenvalue weighted by molar-refractivity contribution is -0.195. The molecule has 1 aliphatic heterocycles. The van der Waals surface area contributed by atoms with Crippen molar-refractivity contribution in [2.24, 2.45) is 10.8 Å². The van der Waals surface area contributed by atoms with Crippen molar-refractivity contribution in [3.05, 3.63) is 34.3 Å². The number of hydrogen-bond donors (Lipinski definition) is 2. The number of halogens is 1. The van der Waals surface area contributed by atoms with E-state index in [4.69, 9.17) is 0 Å². The molecule has 1 unspecified atom stereocenters. The second kappa shape index (κ2) is 6.45. The molecular formula is C20H28BrNO3. The largest absolute Gasteiger partial charge is 0.396 e. The van der Waals surface area contributed by atoms with Crippen LogP contribution in [-0.4, -0.2) is 52.2 Å². The van der Waals surface area contributed by atoms with Crippen molar-refractivity contribution < 1.29 is 15.0 Å². The van der Waals surface area contributed by atoms with Gasteiger partial charge in [-0.3, -0.25) is 9.69 Å². The van der Waals surface area contributed by atoms with Crippen molar-refractivity contribution in [2.75, 3.05) is 19.7 Å². The standard InChI is InChI=1S/C20H28BrNO3/c1-18(2,3)22-11-19(8-14-6-4-5-7-16(14)21)9-15(24)10-20(12-22,13-23)17(19)25/h4-7,17,23,25H,8-13H2,1-3H3/t17?,19-,20+/m1/s1. The number of piperidine rings is 1. The van der Waals surface area contributed by atoms with Crippen LogP contribution in [0.4, 0.5) is 0 Å². The highest BCUT2D eigenvalue weighted by Gasteiger charge is 2.60. The van der Waals surface area contributed by atoms with Gasteiger partial charge in [-0.25, -0.2) is 0 Å². The molecule has 1 aromatic carbocycles. The van der Waals surface area contributed by atoms with Crippen molar-refractivity contribution in [1.29, 1.82) is 0 Å². The van der Waals surface area contributed by atoms with Gasteiger partial charge in [0.1, 0.15) is 5.78 Å². The van der Waals surface area contributed by atoms with Gasteiger partial charge in [-0.2, -0.15) is 0 Å². The molecule has 2 N–H and O–H groups in total. The Labute approximate surface area is 158 Å². The van der Waals surface area contributed by atoms with E-state index in [1.807, 2.05) is 24.3 Å². The van der Waals surface area contributed by atoms with E-state index in [0.717, 1.165) is 10.0 Å². The first-order valence-corrected chi connectivity index (χ1v) is 9.70. The van der Waals surface area contributed by atoms with Crippen LogP contribution in [0, 0.1) is 10.8 Å². The maximum absolute atomic E-state index is 12.6. The van der Waals surface area contributed by atoms with Gasteiger partial charge in [-0.1, -0.05) is 34.1 Å². The van der Waals surface area contributed by atoms with Crippen LogP contribution in [-0.2, 0) is 11.2 Å². The number of carbonyl (C=O) groups is 1. The molecule has 5 heteroatoms. The lowest BCUT2D eigenvalue weighted by Gasteiger charge is -2.61. The second-order valence-corrected chi connectivity index (χ2v) is 9.83. The first kappa shape index (κ1) is 19.0. The van der Waals surface area contributed by atoms with E-state index in [-0.39, 0.29) is 24.3 Å². The highest BCUT2D eigenvalue weighted by Crippen LogP contribution is 2.52. The van der Waals surface area contributed by atoms with Crippen LogP contribution in [0.1, 0.15) is 39.2 Å². The molecule has 0 spiro atoms. The van der Waals surface area contributed by atoms with Crippen LogP contribution < -0.4 is 0 Å². The molecule has 1 aromatic rings. The normalized spacial score (nSPS) is 33.5. The minimum Gasteiger partial charge on any atom is -0.396 e. The molecule has 2 bridgehead atoms. The molecule has 25 heavy (non-hydrogen) atoms. The number of nitrogens with zero attached hydrogens (tertiary/aromatic N) is 1. The monoisotopic (exact) mass is 409 g/mol. The van der Waals surface area contributed by atoms with Crippen LogP contribution in [0.5, 0.6) is 0 Å². The van der Waals surface area contributed by atoms with Gasteiger partial charge in [0.15, 0.2) is 0 Å². The average molecular weight is 410 g/mol. The molecule has 0 radical (unpaired) electrons. The fourth-order valence-electron chi connectivity index (χ4n) is 4.69. The third-order valence-electron chi connectivity index (χ3n) is 6.03. The van der Waals surface area contributed by atoms with Crippen LogP contribution in [0.2, 0.25) is 0 Å². The number of ketones is 1. The topological polar surface area (TPSA) is 60.8 Å². The van der Waals surface area contributed by atoms with E-state index in [1.54, 1.807) is 0 Å². The smallest absolute Gasteiger partial charge is 0.134 e. The quantitative estimate of drug-likeness (QED) is 0.805. The van der Waals surface area contributed by atoms with Gasteiger partial charge in [0.25, 0.3) is 0 Å². The first-order chi connectivity index (χ1) is 11.6. The van der Waals surface area contributed by atoms with E-state index in [1.165, 1.54) is 0 Å². The summed E-state index contributed by atoms with van der Waals surface area (Å²) in [6.45, 7) is 7.51. The predicted molar refractivity (Wildman–Crippen MR) is 101 cm³/mol. The van der Waals surface area contributed by atoms with E-state index in [2.05, 4.69) is 41.6 Å². The predicted octanol–water partition coefficient (Wildman–Crippen LogP) is 2.79. The van der Waals surface area contributed by atoms with Gasteiger partial charge in [-0.05, 0) is 38.8 Å². The summed E-state index contributed by atoms with van der Waals surface area (Å²) in [6, 6.07) is 7.99. The number of likely N-dealkylation sites (tertiary alicyclic amines) is 1. The number of Topliss-reactive ketones (excluding diaryl/α,β-unsaturated/α-hetero) is 1. The van der Waals surface area contributed by atoms with Crippen molar-refractivity contribution in [2.45, 2.75) is 51.7 Å². The Balaban J connectivity index is 2.06. The van der Waals surface area contributed by atoms with Crippen molar-refractivity contribution in [1.82, 2.24) is 4.90 Å². The summed E-state index contributed by atoms with van der Waals surface area (Å²) in [6.07, 6.45) is 0.558. The van der Waals surface area contributed by atoms with Crippen molar-refractivity contribution in [3.63, 3.8) is 0 Å². The summed E-state index contributed by atoms with van der Waals surface area (Å²) < 4.78 is 0.997. The van der Waals surface area contributed by atoms with Crippen LogP contribution in [0.15, 0.2) is 28.7 Å². The zero-order valence-electron chi connectivity index (χ0n) is 15.3. The Kier molecular flexibility index (Phi) is 4.91. The summed E-state index contributed by atoms with van der Waals surface area (Å²) in [5.74, 6) is 0.153. The van der Waals surface area contributed by atoms with Crippen molar-refractivity contribution in [3.8, 4) is 0 Å². The highest BCUT2D eigenvalue weighted by molar-refractivity contribution is 9.10. The third-order valence-corrected chi connectivity index (χ3v) is 6.81. The number of aliphatic hydroxyl groups excluding tert-OH is 2. The van der Waals surface area contributed by atoms with Gasteiger partial charge < -0.3 is 10.2 Å². The summed E-state index contributed by atoms with van der Waals surface area (Å²) >= 11 is 3.60. The SMILES string of the molecule is CC(C)(C)N1C[C@]2(CO)CC(=O)C[C@](Cc3ccccc3Br)(C1)C2O. The van der Waals surface area contributed by atoms with Crippen LogP contribution in [0.3, 0.4) is 0 Å². The number of hydrogen-bond acceptors (Lipinski definition) is 4.